The van der Waals surface area contributed by atoms with Gasteiger partial charge >= 0.3 is 5.97 Å². The van der Waals surface area contributed by atoms with Crippen LogP contribution in [0.2, 0.25) is 0 Å². The Balaban J connectivity index is 1.41. The van der Waals surface area contributed by atoms with Crippen molar-refractivity contribution in [3.63, 3.8) is 0 Å². The molecule has 0 unspecified atom stereocenters. The SMILES string of the molecule is Cc1c2ccc3c1nnn3CCCCCCOc1ccc(cc1)C(=O)N1CCc3ccc(cc3C1)[C@@H]2[C@@H](C)C(=O)O. The number of carbonyl (C=O) groups is 2. The maximum atomic E-state index is 13.4. The average molecular weight is 553 g/mol. The predicted octanol–water partition coefficient (Wildman–Crippen LogP) is 5.74. The summed E-state index contributed by atoms with van der Waals surface area (Å²) >= 11 is 0. The van der Waals surface area contributed by atoms with Gasteiger partial charge in [-0.1, -0.05) is 42.8 Å². The highest BCUT2D eigenvalue weighted by atomic mass is 16.5. The molecule has 3 aromatic carbocycles. The molecule has 9 bridgehead atoms. The maximum absolute atomic E-state index is 13.4. The van der Waals surface area contributed by atoms with Crippen molar-refractivity contribution in [3.8, 4) is 5.75 Å². The van der Waals surface area contributed by atoms with E-state index in [1.165, 1.54) is 5.56 Å². The van der Waals surface area contributed by atoms with Gasteiger partial charge in [0.25, 0.3) is 5.91 Å². The number of carboxylic acids is 1. The van der Waals surface area contributed by atoms with Crippen molar-refractivity contribution in [1.29, 1.82) is 0 Å². The largest absolute Gasteiger partial charge is 0.494 e. The van der Waals surface area contributed by atoms with E-state index in [0.29, 0.717) is 25.3 Å². The van der Waals surface area contributed by atoms with Gasteiger partial charge in [0.1, 0.15) is 11.3 Å². The fourth-order valence-electron chi connectivity index (χ4n) is 6.29. The fraction of sp³-hybridized carbons (Fsp3) is 0.394. The third-order valence-electron chi connectivity index (χ3n) is 8.73. The number of amides is 1. The molecule has 8 nitrogen and oxygen atoms in total. The average Bonchev–Trinajstić information content (AvgIpc) is 3.40. The van der Waals surface area contributed by atoms with E-state index < -0.39 is 11.9 Å². The first-order chi connectivity index (χ1) is 19.9. The summed E-state index contributed by atoms with van der Waals surface area (Å²) in [5.41, 5.74) is 7.53. The van der Waals surface area contributed by atoms with Gasteiger partial charge in [0.2, 0.25) is 0 Å². The first-order valence-corrected chi connectivity index (χ1v) is 14.6. The van der Waals surface area contributed by atoms with Crippen molar-refractivity contribution in [1.82, 2.24) is 19.9 Å². The molecule has 0 fully saturated rings. The van der Waals surface area contributed by atoms with Crippen molar-refractivity contribution in [2.24, 2.45) is 5.92 Å². The van der Waals surface area contributed by atoms with E-state index >= 15 is 0 Å². The number of carbonyl (C=O) groups excluding carboxylic acids is 1. The standard InChI is InChI=1S/C33H36N4O4/c1-21-28-13-14-29-31(21)34-35-37(29)16-5-3-4-6-18-41-27-11-9-24(10-12-27)32(38)36-17-15-23-7-8-25(19-26(23)20-36)30(28)22(2)33(39)40/h7-14,19,22,30H,3-6,15-18,20H2,1-2H3,(H,39,40)/t22-,30+/m1/s1. The van der Waals surface area contributed by atoms with Gasteiger partial charge in [-0.3, -0.25) is 9.59 Å². The summed E-state index contributed by atoms with van der Waals surface area (Å²) in [5.74, 6) is -1.11. The Kier molecular flexibility index (Phi) is 7.47. The van der Waals surface area contributed by atoms with E-state index in [0.717, 1.165) is 77.7 Å². The van der Waals surface area contributed by atoms with Gasteiger partial charge < -0.3 is 14.7 Å². The van der Waals surface area contributed by atoms with Crippen LogP contribution < -0.4 is 4.74 Å². The van der Waals surface area contributed by atoms with Gasteiger partial charge in [-0.15, -0.1) is 5.10 Å². The lowest BCUT2D eigenvalue weighted by molar-refractivity contribution is -0.141. The molecule has 4 aromatic rings. The fourth-order valence-corrected chi connectivity index (χ4v) is 6.29. The Labute approximate surface area is 239 Å². The normalized spacial score (nSPS) is 18.6. The number of ether oxygens (including phenoxy) is 1. The number of aryl methyl sites for hydroxylation is 2. The molecule has 9 rings (SSSR count). The van der Waals surface area contributed by atoms with E-state index in [-0.39, 0.29) is 11.8 Å². The summed E-state index contributed by atoms with van der Waals surface area (Å²) in [6.07, 6.45) is 4.81. The topological polar surface area (TPSA) is 97.5 Å². The molecule has 0 radical (unpaired) electrons. The number of benzene rings is 3. The number of aliphatic carboxylic acids is 1. The Morgan fingerprint density at radius 1 is 1.00 bits per heavy atom. The monoisotopic (exact) mass is 552 g/mol. The first kappa shape index (κ1) is 27.0. The van der Waals surface area contributed by atoms with Crippen LogP contribution in [0.4, 0.5) is 0 Å². The molecule has 0 saturated carbocycles. The lowest BCUT2D eigenvalue weighted by Crippen LogP contribution is -2.36. The van der Waals surface area contributed by atoms with Crippen LogP contribution in [-0.2, 0) is 24.3 Å². The Hall–Kier alpha value is -4.20. The summed E-state index contributed by atoms with van der Waals surface area (Å²) in [4.78, 5) is 27.7. The molecule has 8 heteroatoms. The van der Waals surface area contributed by atoms with Crippen LogP contribution in [0.1, 0.15) is 76.7 Å². The second-order valence-electron chi connectivity index (χ2n) is 11.4. The highest BCUT2D eigenvalue weighted by molar-refractivity contribution is 5.94. The summed E-state index contributed by atoms with van der Waals surface area (Å²) < 4.78 is 7.88. The van der Waals surface area contributed by atoms with E-state index in [1.54, 1.807) is 6.92 Å². The minimum Gasteiger partial charge on any atom is -0.494 e. The summed E-state index contributed by atoms with van der Waals surface area (Å²) in [7, 11) is 0. The van der Waals surface area contributed by atoms with Crippen LogP contribution in [0.3, 0.4) is 0 Å². The quantitative estimate of drug-likeness (QED) is 0.340. The van der Waals surface area contributed by atoms with Crippen molar-refractivity contribution in [2.45, 2.75) is 65.0 Å². The zero-order chi connectivity index (χ0) is 28.5. The number of rotatable bonds is 2. The Bertz CT molecular complexity index is 1590. The summed E-state index contributed by atoms with van der Waals surface area (Å²) in [6.45, 7) is 6.33. The zero-order valence-electron chi connectivity index (χ0n) is 23.7. The Morgan fingerprint density at radius 3 is 2.61 bits per heavy atom. The summed E-state index contributed by atoms with van der Waals surface area (Å²) in [6, 6.07) is 17.8. The second-order valence-corrected chi connectivity index (χ2v) is 11.4. The molecule has 1 aromatic heterocycles. The zero-order valence-corrected chi connectivity index (χ0v) is 23.7. The highest BCUT2D eigenvalue weighted by Crippen LogP contribution is 2.38. The predicted molar refractivity (Wildman–Crippen MR) is 156 cm³/mol. The van der Waals surface area contributed by atoms with Gasteiger partial charge in [0.05, 0.1) is 18.0 Å². The van der Waals surface area contributed by atoms with Crippen LogP contribution in [0, 0.1) is 12.8 Å². The summed E-state index contributed by atoms with van der Waals surface area (Å²) in [5, 5.41) is 19.1. The molecule has 41 heavy (non-hydrogen) atoms. The molecular formula is C33H36N4O4. The third kappa shape index (κ3) is 5.31. The van der Waals surface area contributed by atoms with E-state index in [4.69, 9.17) is 4.74 Å². The Morgan fingerprint density at radius 2 is 1.80 bits per heavy atom. The smallest absolute Gasteiger partial charge is 0.307 e. The number of aromatic nitrogens is 3. The molecule has 1 amide bonds. The molecule has 6 heterocycles. The molecule has 212 valence electrons. The van der Waals surface area contributed by atoms with E-state index in [9.17, 15) is 14.7 Å². The number of nitrogens with zero attached hydrogens (tertiary/aromatic N) is 4. The lowest BCUT2D eigenvalue weighted by atomic mass is 9.78. The minimum atomic E-state index is -0.850. The molecule has 5 aliphatic rings. The molecule has 1 N–H and O–H groups in total. The van der Waals surface area contributed by atoms with Crippen LogP contribution in [0.15, 0.2) is 54.6 Å². The van der Waals surface area contributed by atoms with Crippen molar-refractivity contribution < 1.29 is 19.4 Å². The van der Waals surface area contributed by atoms with Gasteiger partial charge in [-0.05, 0) is 90.8 Å². The van der Waals surface area contributed by atoms with Crippen molar-refractivity contribution in [2.75, 3.05) is 13.2 Å². The first-order valence-electron chi connectivity index (χ1n) is 14.6. The highest BCUT2D eigenvalue weighted by Gasteiger charge is 2.31. The van der Waals surface area contributed by atoms with Crippen LogP contribution >= 0.6 is 0 Å². The maximum Gasteiger partial charge on any atom is 0.307 e. The van der Waals surface area contributed by atoms with Crippen molar-refractivity contribution >= 4 is 22.9 Å². The van der Waals surface area contributed by atoms with E-state index in [2.05, 4.69) is 28.5 Å². The van der Waals surface area contributed by atoms with Gasteiger partial charge in [-0.25, -0.2) is 4.68 Å². The van der Waals surface area contributed by atoms with Crippen LogP contribution in [0.5, 0.6) is 5.75 Å². The van der Waals surface area contributed by atoms with Gasteiger partial charge in [0, 0.05) is 31.1 Å². The third-order valence-corrected chi connectivity index (χ3v) is 8.73. The molecular weight excluding hydrogens is 516 g/mol. The number of hydrogen-bond donors (Lipinski definition) is 1. The van der Waals surface area contributed by atoms with Gasteiger partial charge in [0.15, 0.2) is 0 Å². The minimum absolute atomic E-state index is 0.00849. The van der Waals surface area contributed by atoms with Crippen molar-refractivity contribution in [3.05, 3.63) is 88.0 Å². The number of carboxylic acid groups (broad SMARTS) is 1. The molecule has 0 aliphatic carbocycles. The van der Waals surface area contributed by atoms with Crippen LogP contribution in [-0.4, -0.2) is 50.0 Å². The molecule has 2 atom stereocenters. The van der Waals surface area contributed by atoms with E-state index in [1.807, 2.05) is 52.9 Å². The number of hydrogen-bond acceptors (Lipinski definition) is 5. The van der Waals surface area contributed by atoms with Crippen LogP contribution in [0.25, 0.3) is 11.0 Å². The molecule has 0 saturated heterocycles. The van der Waals surface area contributed by atoms with Gasteiger partial charge in [-0.2, -0.15) is 0 Å². The second kappa shape index (κ2) is 11.4. The molecule has 0 spiro atoms. The lowest BCUT2D eigenvalue weighted by Gasteiger charge is -2.31. The molecule has 5 aliphatic heterocycles.